The molecular weight excluding hydrogens is 452 g/mol. The van der Waals surface area contributed by atoms with Gasteiger partial charge in [0.1, 0.15) is 5.75 Å². The van der Waals surface area contributed by atoms with Crippen LogP contribution < -0.4 is 4.74 Å². The Morgan fingerprint density at radius 1 is 1.03 bits per heavy atom. The largest absolute Gasteiger partial charge is 0.435 e. The number of ether oxygens (including phenoxy) is 1. The maximum absolute atomic E-state index is 12.9. The first-order valence-electron chi connectivity index (χ1n) is 9.25. The summed E-state index contributed by atoms with van der Waals surface area (Å²) in [5, 5.41) is 0. The van der Waals surface area contributed by atoms with E-state index in [2.05, 4.69) is 9.72 Å². The van der Waals surface area contributed by atoms with Crippen LogP contribution in [-0.4, -0.2) is 61.3 Å². The van der Waals surface area contributed by atoms with E-state index in [-0.39, 0.29) is 48.5 Å². The third-order valence-corrected chi connectivity index (χ3v) is 6.90. The van der Waals surface area contributed by atoms with E-state index in [0.29, 0.717) is 18.8 Å². The molecule has 0 saturated carbocycles. The Hall–Kier alpha value is -2.56. The van der Waals surface area contributed by atoms with E-state index in [9.17, 15) is 22.0 Å². The van der Waals surface area contributed by atoms with Gasteiger partial charge in [-0.05, 0) is 47.5 Å². The topological polar surface area (TPSA) is 79.8 Å². The predicted molar refractivity (Wildman–Crippen MR) is 111 cm³/mol. The zero-order valence-corrected chi connectivity index (χ0v) is 17.9. The molecule has 0 unspecified atom stereocenters. The Balaban J connectivity index is 0.00000272. The molecule has 0 aliphatic carbocycles. The summed E-state index contributed by atoms with van der Waals surface area (Å²) in [4.78, 5) is 18.4. The quantitative estimate of drug-likeness (QED) is 0.605. The van der Waals surface area contributed by atoms with Crippen molar-refractivity contribution in [3.8, 4) is 5.75 Å². The smallest absolute Gasteiger partial charge is 0.387 e. The average Bonchev–Trinajstić information content (AvgIpc) is 3.28. The number of aromatic nitrogens is 1. The highest BCUT2D eigenvalue weighted by Gasteiger charge is 2.37. The maximum atomic E-state index is 12.9. The fraction of sp³-hybridized carbons (Fsp3) is 0.300. The molecule has 3 heterocycles. The molecule has 0 saturated heterocycles. The minimum atomic E-state index is -3.78. The van der Waals surface area contributed by atoms with Crippen molar-refractivity contribution in [2.24, 2.45) is 0 Å². The van der Waals surface area contributed by atoms with Crippen LogP contribution in [0.2, 0.25) is 0 Å². The molecule has 1 amide bonds. The molecule has 0 bridgehead atoms. The van der Waals surface area contributed by atoms with Crippen LogP contribution >= 0.6 is 12.4 Å². The molecule has 0 atom stereocenters. The Labute approximate surface area is 184 Å². The summed E-state index contributed by atoms with van der Waals surface area (Å²) in [5.41, 5.74) is 2.54. The second kappa shape index (κ2) is 9.29. The van der Waals surface area contributed by atoms with Gasteiger partial charge in [-0.15, -0.1) is 12.4 Å². The van der Waals surface area contributed by atoms with Crippen molar-refractivity contribution in [2.45, 2.75) is 17.9 Å². The van der Waals surface area contributed by atoms with Gasteiger partial charge in [-0.2, -0.15) is 13.1 Å². The molecule has 11 heteroatoms. The second-order valence-electron chi connectivity index (χ2n) is 7.08. The van der Waals surface area contributed by atoms with Crippen LogP contribution in [-0.2, 0) is 21.2 Å². The van der Waals surface area contributed by atoms with Crippen LogP contribution in [0.3, 0.4) is 0 Å². The molecular formula is C20H20ClF2N3O4S. The summed E-state index contributed by atoms with van der Waals surface area (Å²) in [6.07, 6.45) is 1.84. The maximum Gasteiger partial charge on any atom is 0.387 e. The van der Waals surface area contributed by atoms with Gasteiger partial charge in [0, 0.05) is 38.1 Å². The molecule has 2 aliphatic rings. The molecule has 31 heavy (non-hydrogen) atoms. The number of benzene rings is 1. The normalized spacial score (nSPS) is 16.4. The first kappa shape index (κ1) is 23.1. The minimum Gasteiger partial charge on any atom is -0.435 e. The van der Waals surface area contributed by atoms with E-state index >= 15 is 0 Å². The Bertz CT molecular complexity index is 1060. The van der Waals surface area contributed by atoms with Crippen LogP contribution in [0.1, 0.15) is 5.69 Å². The van der Waals surface area contributed by atoms with Crippen molar-refractivity contribution in [1.82, 2.24) is 14.2 Å². The van der Waals surface area contributed by atoms with E-state index < -0.39 is 16.6 Å². The van der Waals surface area contributed by atoms with E-state index in [0.717, 1.165) is 11.1 Å². The number of pyridine rings is 1. The first-order valence-corrected chi connectivity index (χ1v) is 10.7. The van der Waals surface area contributed by atoms with Crippen LogP contribution in [0.25, 0.3) is 0 Å². The number of carbonyl (C=O) groups is 1. The van der Waals surface area contributed by atoms with Crippen molar-refractivity contribution < 1.29 is 26.7 Å². The van der Waals surface area contributed by atoms with Crippen LogP contribution in [0.15, 0.2) is 64.7 Å². The number of carbonyl (C=O) groups excluding carboxylic acids is 1. The summed E-state index contributed by atoms with van der Waals surface area (Å²) in [6, 6.07) is 10.3. The van der Waals surface area contributed by atoms with Crippen molar-refractivity contribution in [3.63, 3.8) is 0 Å². The lowest BCUT2D eigenvalue weighted by Crippen LogP contribution is -2.37. The van der Waals surface area contributed by atoms with E-state index in [1.807, 2.05) is 6.07 Å². The number of hydrogen-bond donors (Lipinski definition) is 0. The summed E-state index contributed by atoms with van der Waals surface area (Å²) in [5.74, 6) is -0.153. The average molecular weight is 472 g/mol. The number of amides is 1. The fourth-order valence-corrected chi connectivity index (χ4v) is 5.03. The summed E-state index contributed by atoms with van der Waals surface area (Å²) >= 11 is 0. The molecule has 0 N–H and O–H groups in total. The highest BCUT2D eigenvalue weighted by Crippen LogP contribution is 2.30. The molecule has 166 valence electrons. The number of alkyl halides is 2. The lowest BCUT2D eigenvalue weighted by Gasteiger charge is -2.23. The Morgan fingerprint density at radius 2 is 1.68 bits per heavy atom. The summed E-state index contributed by atoms with van der Waals surface area (Å²) in [6.45, 7) is -1.76. The highest BCUT2D eigenvalue weighted by atomic mass is 35.5. The van der Waals surface area contributed by atoms with E-state index in [1.54, 1.807) is 23.2 Å². The molecule has 1 aromatic carbocycles. The van der Waals surface area contributed by atoms with Crippen LogP contribution in [0.4, 0.5) is 8.78 Å². The SMILES string of the molecule is Cl.O=C(Cc1ccccn1)N1CC2=C(C1)CN(S(=O)(=O)c1ccc(OC(F)F)cc1)C2. The zero-order valence-electron chi connectivity index (χ0n) is 16.3. The standard InChI is InChI=1S/C20H19F2N3O4S.ClH/c21-20(22)29-17-4-6-18(7-5-17)30(27,28)25-12-14-10-24(11-15(14)13-25)19(26)9-16-3-1-2-8-23-16;/h1-8,20H,9-13H2;1H. The first-order chi connectivity index (χ1) is 14.3. The predicted octanol–water partition coefficient (Wildman–Crippen LogP) is 2.49. The number of halogens is 3. The molecule has 0 spiro atoms. The van der Waals surface area contributed by atoms with Gasteiger partial charge >= 0.3 is 6.61 Å². The van der Waals surface area contributed by atoms with Gasteiger partial charge in [0.15, 0.2) is 0 Å². The van der Waals surface area contributed by atoms with Crippen molar-refractivity contribution in [1.29, 1.82) is 0 Å². The number of rotatable bonds is 6. The fourth-order valence-electron chi connectivity index (χ4n) is 3.60. The Kier molecular flexibility index (Phi) is 6.93. The van der Waals surface area contributed by atoms with Gasteiger partial charge < -0.3 is 9.64 Å². The molecule has 0 radical (unpaired) electrons. The van der Waals surface area contributed by atoms with Crippen molar-refractivity contribution in [2.75, 3.05) is 26.2 Å². The number of sulfonamides is 1. The van der Waals surface area contributed by atoms with Gasteiger partial charge in [0.2, 0.25) is 15.9 Å². The van der Waals surface area contributed by atoms with Crippen molar-refractivity contribution >= 4 is 28.3 Å². The van der Waals surface area contributed by atoms with Crippen molar-refractivity contribution in [3.05, 3.63) is 65.5 Å². The second-order valence-corrected chi connectivity index (χ2v) is 9.02. The molecule has 7 nitrogen and oxygen atoms in total. The van der Waals surface area contributed by atoms with Gasteiger partial charge in [0.05, 0.1) is 11.3 Å². The van der Waals surface area contributed by atoms with Crippen LogP contribution in [0.5, 0.6) is 5.75 Å². The Morgan fingerprint density at radius 3 is 2.23 bits per heavy atom. The van der Waals surface area contributed by atoms with E-state index in [1.165, 1.54) is 28.6 Å². The van der Waals surface area contributed by atoms with Gasteiger partial charge in [-0.3, -0.25) is 9.78 Å². The van der Waals surface area contributed by atoms with Gasteiger partial charge in [-0.1, -0.05) is 6.07 Å². The minimum absolute atomic E-state index is 0. The number of nitrogens with zero attached hydrogens (tertiary/aromatic N) is 3. The molecule has 2 aliphatic heterocycles. The molecule has 4 rings (SSSR count). The van der Waals surface area contributed by atoms with E-state index in [4.69, 9.17) is 0 Å². The lowest BCUT2D eigenvalue weighted by atomic mass is 10.2. The molecule has 2 aromatic rings. The van der Waals surface area contributed by atoms with Gasteiger partial charge in [-0.25, -0.2) is 8.42 Å². The summed E-state index contributed by atoms with van der Waals surface area (Å²) in [7, 11) is -3.78. The highest BCUT2D eigenvalue weighted by molar-refractivity contribution is 7.89. The number of hydrogen-bond acceptors (Lipinski definition) is 5. The monoisotopic (exact) mass is 471 g/mol. The lowest BCUT2D eigenvalue weighted by molar-refractivity contribution is -0.129. The zero-order chi connectivity index (χ0) is 21.3. The third kappa shape index (κ3) is 5.03. The third-order valence-electron chi connectivity index (χ3n) is 5.10. The van der Waals surface area contributed by atoms with Crippen LogP contribution in [0, 0.1) is 0 Å². The molecule has 0 fully saturated rings. The van der Waals surface area contributed by atoms with Gasteiger partial charge in [0.25, 0.3) is 0 Å². The summed E-state index contributed by atoms with van der Waals surface area (Å²) < 4.78 is 55.9. The molecule has 1 aromatic heterocycles.